The number of rotatable bonds is 3. The van der Waals surface area contributed by atoms with Crippen molar-refractivity contribution in [3.63, 3.8) is 0 Å². The van der Waals surface area contributed by atoms with Gasteiger partial charge in [0, 0.05) is 17.4 Å². The Morgan fingerprint density at radius 2 is 2.12 bits per heavy atom. The minimum atomic E-state index is -0.323. The van der Waals surface area contributed by atoms with Crippen LogP contribution in [0.25, 0.3) is 0 Å². The molecule has 0 aliphatic carbocycles. The fourth-order valence-electron chi connectivity index (χ4n) is 3.31. The molecule has 0 spiro atoms. The zero-order valence-electron chi connectivity index (χ0n) is 14.4. The highest BCUT2D eigenvalue weighted by Crippen LogP contribution is 2.37. The third-order valence-electron chi connectivity index (χ3n) is 4.30. The van der Waals surface area contributed by atoms with Crippen LogP contribution in [0.3, 0.4) is 0 Å². The van der Waals surface area contributed by atoms with E-state index in [1.165, 1.54) is 12.1 Å². The van der Waals surface area contributed by atoms with E-state index >= 15 is 0 Å². The first kappa shape index (κ1) is 17.8. The molecule has 0 bridgehead atoms. The van der Waals surface area contributed by atoms with Crippen molar-refractivity contribution in [3.8, 4) is 0 Å². The number of nitrogen functional groups attached to an aromatic ring is 1. The number of hydrogen-bond donors (Lipinski definition) is 1. The maximum Gasteiger partial charge on any atom is 0.258 e. The van der Waals surface area contributed by atoms with Crippen LogP contribution in [0.15, 0.2) is 22.7 Å². The van der Waals surface area contributed by atoms with Crippen LogP contribution in [0.2, 0.25) is 0 Å². The van der Waals surface area contributed by atoms with Crippen LogP contribution in [0, 0.1) is 18.7 Å². The van der Waals surface area contributed by atoms with Gasteiger partial charge in [-0.05, 0) is 30.5 Å². The molecule has 5 nitrogen and oxygen atoms in total. The molecule has 0 unspecified atom stereocenters. The van der Waals surface area contributed by atoms with Gasteiger partial charge in [-0.15, -0.1) is 0 Å². The molecule has 0 fully saturated rings. The summed E-state index contributed by atoms with van der Waals surface area (Å²) in [5.74, 6) is 0.0326. The van der Waals surface area contributed by atoms with Gasteiger partial charge in [-0.1, -0.05) is 35.8 Å². The van der Waals surface area contributed by atoms with E-state index in [0.717, 1.165) is 5.56 Å². The highest BCUT2D eigenvalue weighted by Gasteiger charge is 2.37. The van der Waals surface area contributed by atoms with Gasteiger partial charge < -0.3 is 10.6 Å². The number of aryl methyl sites for hydroxylation is 1. The maximum absolute atomic E-state index is 13.5. The number of carbonyl (C=O) groups excluding carboxylic acids is 1. The molecule has 2 N–H and O–H groups in total. The van der Waals surface area contributed by atoms with Crippen molar-refractivity contribution < 1.29 is 9.18 Å². The summed E-state index contributed by atoms with van der Waals surface area (Å²) in [6.07, 6.45) is 0.519. The van der Waals surface area contributed by atoms with Gasteiger partial charge >= 0.3 is 0 Å². The summed E-state index contributed by atoms with van der Waals surface area (Å²) in [4.78, 5) is 23.4. The molecular formula is C18H20BrFN4O. The molecule has 1 aliphatic heterocycles. The summed E-state index contributed by atoms with van der Waals surface area (Å²) in [5, 5.41) is 0. The number of aromatic nitrogens is 2. The van der Waals surface area contributed by atoms with Crippen LogP contribution in [-0.2, 0) is 6.42 Å². The van der Waals surface area contributed by atoms with Gasteiger partial charge in [0.05, 0.1) is 23.0 Å². The number of hydrogen-bond acceptors (Lipinski definition) is 4. The maximum atomic E-state index is 13.5. The number of anilines is 1. The van der Waals surface area contributed by atoms with Crippen molar-refractivity contribution >= 4 is 27.8 Å². The van der Waals surface area contributed by atoms with Crippen molar-refractivity contribution in [1.82, 2.24) is 14.9 Å². The van der Waals surface area contributed by atoms with E-state index in [-0.39, 0.29) is 23.7 Å². The van der Waals surface area contributed by atoms with Crippen LogP contribution in [0.4, 0.5) is 10.3 Å². The number of benzene rings is 1. The average Bonchev–Trinajstić information content (AvgIpc) is 2.49. The zero-order chi connectivity index (χ0) is 18.3. The summed E-state index contributed by atoms with van der Waals surface area (Å²) < 4.78 is 14.1. The molecule has 1 atom stereocenters. The van der Waals surface area contributed by atoms with E-state index < -0.39 is 0 Å². The Morgan fingerprint density at radius 3 is 2.76 bits per heavy atom. The number of nitrogens with zero attached hydrogens (tertiary/aromatic N) is 3. The lowest BCUT2D eigenvalue weighted by Crippen LogP contribution is -2.43. The topological polar surface area (TPSA) is 72.1 Å². The zero-order valence-corrected chi connectivity index (χ0v) is 16.0. The summed E-state index contributed by atoms with van der Waals surface area (Å²) in [5.41, 5.74) is 8.41. The first-order chi connectivity index (χ1) is 11.8. The molecule has 1 aliphatic rings. The second kappa shape index (κ2) is 6.71. The second-order valence-corrected chi connectivity index (χ2v) is 7.58. The number of fused-ring (bicyclic) bond motifs is 1. The Morgan fingerprint density at radius 1 is 1.40 bits per heavy atom. The van der Waals surface area contributed by atoms with E-state index in [2.05, 4.69) is 39.7 Å². The summed E-state index contributed by atoms with van der Waals surface area (Å²) >= 11 is 3.43. The molecule has 1 aromatic carbocycles. The molecule has 1 amide bonds. The third kappa shape index (κ3) is 3.38. The molecule has 2 heterocycles. The van der Waals surface area contributed by atoms with E-state index in [1.54, 1.807) is 13.0 Å². The number of halogens is 2. The Kier molecular flexibility index (Phi) is 4.77. The Balaban J connectivity index is 2.13. The molecule has 3 rings (SSSR count). The lowest BCUT2D eigenvalue weighted by Gasteiger charge is -2.38. The quantitative estimate of drug-likeness (QED) is 0.843. The molecule has 1 aromatic heterocycles. The van der Waals surface area contributed by atoms with Crippen LogP contribution in [-0.4, -0.2) is 27.3 Å². The van der Waals surface area contributed by atoms with E-state index in [4.69, 9.17) is 5.73 Å². The normalized spacial score (nSPS) is 17.1. The summed E-state index contributed by atoms with van der Waals surface area (Å²) in [7, 11) is 0. The van der Waals surface area contributed by atoms with Gasteiger partial charge in [0.15, 0.2) is 0 Å². The molecular weight excluding hydrogens is 387 g/mol. The number of nitrogens with two attached hydrogens (primary N) is 1. The van der Waals surface area contributed by atoms with Crippen molar-refractivity contribution in [3.05, 3.63) is 51.0 Å². The minimum absolute atomic E-state index is 0.103. The Hall–Kier alpha value is -2.02. The Bertz CT molecular complexity index is 840. The van der Waals surface area contributed by atoms with Crippen molar-refractivity contribution in [2.75, 3.05) is 12.3 Å². The van der Waals surface area contributed by atoms with Crippen LogP contribution in [0.1, 0.15) is 47.2 Å². The smallest absolute Gasteiger partial charge is 0.258 e. The van der Waals surface area contributed by atoms with Gasteiger partial charge in [0.2, 0.25) is 5.95 Å². The molecule has 7 heteroatoms. The van der Waals surface area contributed by atoms with E-state index in [9.17, 15) is 9.18 Å². The predicted molar refractivity (Wildman–Crippen MR) is 97.6 cm³/mol. The minimum Gasteiger partial charge on any atom is -0.368 e. The number of carbonyl (C=O) groups is 1. The van der Waals surface area contributed by atoms with Crippen molar-refractivity contribution in [2.24, 2.45) is 5.92 Å². The van der Waals surface area contributed by atoms with E-state index in [0.29, 0.717) is 40.3 Å². The monoisotopic (exact) mass is 406 g/mol. The highest BCUT2D eigenvalue weighted by atomic mass is 79.9. The second-order valence-electron chi connectivity index (χ2n) is 6.73. The standard InChI is InChI=1S/C18H20BrFN4O/c1-9(2)8-24-15(12-5-4-11(20)6-13(12)19)7-14-16(17(24)25)10(3)22-18(21)23-14/h4-6,9,15H,7-8H2,1-3H3,(H2,21,22,23)/t15-/m1/s1. The molecule has 0 saturated heterocycles. The van der Waals surface area contributed by atoms with Crippen LogP contribution < -0.4 is 5.73 Å². The molecule has 132 valence electrons. The van der Waals surface area contributed by atoms with Gasteiger partial charge in [-0.25, -0.2) is 14.4 Å². The first-order valence-corrected chi connectivity index (χ1v) is 8.96. The number of amides is 1. The van der Waals surface area contributed by atoms with Crippen molar-refractivity contribution in [1.29, 1.82) is 0 Å². The Labute approximate surface area is 154 Å². The van der Waals surface area contributed by atoms with Crippen LogP contribution in [0.5, 0.6) is 0 Å². The fourth-order valence-corrected chi connectivity index (χ4v) is 3.93. The van der Waals surface area contributed by atoms with Gasteiger partial charge in [0.1, 0.15) is 5.82 Å². The molecule has 2 aromatic rings. The first-order valence-electron chi connectivity index (χ1n) is 8.16. The summed E-state index contributed by atoms with van der Waals surface area (Å²) in [6, 6.07) is 4.31. The lowest BCUT2D eigenvalue weighted by atomic mass is 9.91. The third-order valence-corrected chi connectivity index (χ3v) is 4.99. The predicted octanol–water partition coefficient (Wildman–Crippen LogP) is 3.66. The van der Waals surface area contributed by atoms with Crippen molar-refractivity contribution in [2.45, 2.75) is 33.2 Å². The largest absolute Gasteiger partial charge is 0.368 e. The molecule has 0 saturated carbocycles. The molecule has 25 heavy (non-hydrogen) atoms. The van der Waals surface area contributed by atoms with E-state index in [1.807, 2.05) is 4.90 Å². The van der Waals surface area contributed by atoms with Crippen LogP contribution >= 0.6 is 15.9 Å². The summed E-state index contributed by atoms with van der Waals surface area (Å²) in [6.45, 7) is 6.49. The SMILES string of the molecule is Cc1nc(N)nc2c1C(=O)N(CC(C)C)[C@@H](c1ccc(F)cc1Br)C2. The van der Waals surface area contributed by atoms with Gasteiger partial charge in [-0.2, -0.15) is 0 Å². The average molecular weight is 407 g/mol. The van der Waals surface area contributed by atoms with Gasteiger partial charge in [0.25, 0.3) is 5.91 Å². The lowest BCUT2D eigenvalue weighted by molar-refractivity contribution is 0.0614. The highest BCUT2D eigenvalue weighted by molar-refractivity contribution is 9.10. The molecule has 0 radical (unpaired) electrons. The van der Waals surface area contributed by atoms with Gasteiger partial charge in [-0.3, -0.25) is 4.79 Å². The fraction of sp³-hybridized carbons (Fsp3) is 0.389.